The fourth-order valence-corrected chi connectivity index (χ4v) is 3.51. The molecule has 0 amide bonds. The lowest BCUT2D eigenvalue weighted by atomic mass is 9.98. The van der Waals surface area contributed by atoms with Crippen LogP contribution in [0, 0.1) is 11.3 Å². The molecular weight excluding hydrogens is 248 g/mol. The van der Waals surface area contributed by atoms with E-state index in [9.17, 15) is 0 Å². The van der Waals surface area contributed by atoms with Gasteiger partial charge in [-0.25, -0.2) is 0 Å². The standard InChI is InChI=1S/C16H30N4/c1-16(14-17,18-2)8-5-9-19-10-12-20(13-11-19)15-6-3-4-7-15/h15,18H,3-13H2,1-2H3. The Balaban J connectivity index is 1.63. The van der Waals surface area contributed by atoms with Gasteiger partial charge in [0.1, 0.15) is 5.54 Å². The molecule has 1 aliphatic heterocycles. The average molecular weight is 278 g/mol. The number of piperazine rings is 1. The fraction of sp³-hybridized carbons (Fsp3) is 0.938. The van der Waals surface area contributed by atoms with Gasteiger partial charge in [0.25, 0.3) is 0 Å². The Labute approximate surface area is 124 Å². The summed E-state index contributed by atoms with van der Waals surface area (Å²) in [6, 6.07) is 3.25. The van der Waals surface area contributed by atoms with Crippen LogP contribution < -0.4 is 5.32 Å². The van der Waals surface area contributed by atoms with Crippen LogP contribution in [0.25, 0.3) is 0 Å². The molecule has 1 N–H and O–H groups in total. The summed E-state index contributed by atoms with van der Waals surface area (Å²) >= 11 is 0. The SMILES string of the molecule is CNC(C)(C#N)CCCN1CCN(C2CCCC2)CC1. The predicted octanol–water partition coefficient (Wildman–Crippen LogP) is 1.83. The fourth-order valence-electron chi connectivity index (χ4n) is 3.51. The van der Waals surface area contributed by atoms with Crippen LogP contribution in [0.15, 0.2) is 0 Å². The summed E-state index contributed by atoms with van der Waals surface area (Å²) in [5.41, 5.74) is -0.355. The lowest BCUT2D eigenvalue weighted by molar-refractivity contribution is 0.0959. The third-order valence-electron chi connectivity index (χ3n) is 5.20. The Bertz CT molecular complexity index is 324. The first-order valence-electron chi connectivity index (χ1n) is 8.23. The Kier molecular flexibility index (Phi) is 5.83. The maximum absolute atomic E-state index is 9.15. The molecule has 0 radical (unpaired) electrons. The molecule has 1 saturated carbocycles. The van der Waals surface area contributed by atoms with Crippen LogP contribution in [0.1, 0.15) is 45.4 Å². The molecule has 114 valence electrons. The highest BCUT2D eigenvalue weighted by Gasteiger charge is 2.26. The molecule has 0 aromatic heterocycles. The number of hydrogen-bond donors (Lipinski definition) is 1. The van der Waals surface area contributed by atoms with E-state index >= 15 is 0 Å². The van der Waals surface area contributed by atoms with Crippen molar-refractivity contribution >= 4 is 0 Å². The van der Waals surface area contributed by atoms with E-state index in [2.05, 4.69) is 21.2 Å². The molecule has 0 aromatic rings. The highest BCUT2D eigenvalue weighted by atomic mass is 15.3. The molecule has 2 rings (SSSR count). The van der Waals surface area contributed by atoms with Gasteiger partial charge >= 0.3 is 0 Å². The zero-order valence-corrected chi connectivity index (χ0v) is 13.2. The van der Waals surface area contributed by atoms with Gasteiger partial charge in [0.2, 0.25) is 0 Å². The van der Waals surface area contributed by atoms with Crippen LogP contribution in [0.3, 0.4) is 0 Å². The van der Waals surface area contributed by atoms with Gasteiger partial charge in [0, 0.05) is 32.2 Å². The van der Waals surface area contributed by atoms with E-state index < -0.39 is 0 Å². The first-order chi connectivity index (χ1) is 9.67. The summed E-state index contributed by atoms with van der Waals surface area (Å²) in [4.78, 5) is 5.27. The first kappa shape index (κ1) is 15.8. The quantitative estimate of drug-likeness (QED) is 0.805. The molecule has 1 heterocycles. The van der Waals surface area contributed by atoms with E-state index in [1.54, 1.807) is 0 Å². The summed E-state index contributed by atoms with van der Waals surface area (Å²) in [6.45, 7) is 8.03. The predicted molar refractivity (Wildman–Crippen MR) is 82.6 cm³/mol. The normalized spacial score (nSPS) is 25.4. The maximum atomic E-state index is 9.15. The smallest absolute Gasteiger partial charge is 0.103 e. The van der Waals surface area contributed by atoms with Gasteiger partial charge in [0.15, 0.2) is 0 Å². The summed E-state index contributed by atoms with van der Waals surface area (Å²) in [6.07, 6.45) is 7.74. The lowest BCUT2D eigenvalue weighted by Crippen LogP contribution is -2.50. The van der Waals surface area contributed by atoms with E-state index in [-0.39, 0.29) is 5.54 Å². The molecule has 1 atom stereocenters. The van der Waals surface area contributed by atoms with Crippen LogP contribution in [-0.2, 0) is 0 Å². The van der Waals surface area contributed by atoms with Crippen LogP contribution in [0.5, 0.6) is 0 Å². The monoisotopic (exact) mass is 278 g/mol. The second-order valence-corrected chi connectivity index (χ2v) is 6.61. The van der Waals surface area contributed by atoms with Crippen LogP contribution in [0.4, 0.5) is 0 Å². The van der Waals surface area contributed by atoms with Crippen molar-refractivity contribution < 1.29 is 0 Å². The Morgan fingerprint density at radius 2 is 1.85 bits per heavy atom. The molecule has 1 saturated heterocycles. The van der Waals surface area contributed by atoms with E-state index in [0.717, 1.165) is 25.4 Å². The molecular formula is C16H30N4. The van der Waals surface area contributed by atoms with E-state index in [4.69, 9.17) is 5.26 Å². The number of nitrogens with zero attached hydrogens (tertiary/aromatic N) is 3. The second kappa shape index (κ2) is 7.40. The van der Waals surface area contributed by atoms with Gasteiger partial charge in [0.05, 0.1) is 6.07 Å². The topological polar surface area (TPSA) is 42.3 Å². The Morgan fingerprint density at radius 3 is 2.40 bits per heavy atom. The van der Waals surface area contributed by atoms with Crippen LogP contribution >= 0.6 is 0 Å². The summed E-state index contributed by atoms with van der Waals surface area (Å²) < 4.78 is 0. The highest BCUT2D eigenvalue weighted by molar-refractivity contribution is 5.02. The zero-order chi connectivity index (χ0) is 14.4. The van der Waals surface area contributed by atoms with E-state index in [1.165, 1.54) is 51.9 Å². The van der Waals surface area contributed by atoms with Gasteiger partial charge in [-0.05, 0) is 46.2 Å². The number of nitriles is 1. The van der Waals surface area contributed by atoms with Crippen molar-refractivity contribution in [2.24, 2.45) is 0 Å². The summed E-state index contributed by atoms with van der Waals surface area (Å²) in [5, 5.41) is 12.3. The third-order valence-corrected chi connectivity index (χ3v) is 5.20. The van der Waals surface area contributed by atoms with E-state index in [0.29, 0.717) is 0 Å². The van der Waals surface area contributed by atoms with Gasteiger partial charge in [-0.3, -0.25) is 4.90 Å². The van der Waals surface area contributed by atoms with Crippen molar-refractivity contribution in [3.8, 4) is 6.07 Å². The largest absolute Gasteiger partial charge is 0.303 e. The highest BCUT2D eigenvalue weighted by Crippen LogP contribution is 2.24. The van der Waals surface area contributed by atoms with E-state index in [1.807, 2.05) is 14.0 Å². The minimum absolute atomic E-state index is 0.355. The Morgan fingerprint density at radius 1 is 1.20 bits per heavy atom. The van der Waals surface area contributed by atoms with Crippen molar-refractivity contribution in [3.63, 3.8) is 0 Å². The number of nitrogens with one attached hydrogen (secondary N) is 1. The molecule has 20 heavy (non-hydrogen) atoms. The zero-order valence-electron chi connectivity index (χ0n) is 13.2. The van der Waals surface area contributed by atoms with Gasteiger partial charge < -0.3 is 10.2 Å². The molecule has 2 fully saturated rings. The van der Waals surface area contributed by atoms with Crippen LogP contribution in [-0.4, -0.2) is 61.2 Å². The average Bonchev–Trinajstić information content (AvgIpc) is 3.02. The molecule has 1 unspecified atom stereocenters. The summed E-state index contributed by atoms with van der Waals surface area (Å²) in [5.74, 6) is 0. The van der Waals surface area contributed by atoms with Crippen molar-refractivity contribution in [2.45, 2.75) is 57.0 Å². The molecule has 0 bridgehead atoms. The summed E-state index contributed by atoms with van der Waals surface area (Å²) in [7, 11) is 1.88. The molecule has 1 aliphatic carbocycles. The minimum atomic E-state index is -0.355. The molecule has 0 spiro atoms. The number of hydrogen-bond acceptors (Lipinski definition) is 4. The van der Waals surface area contributed by atoms with Gasteiger partial charge in [-0.2, -0.15) is 5.26 Å². The van der Waals surface area contributed by atoms with Crippen molar-refractivity contribution in [1.29, 1.82) is 5.26 Å². The molecule has 2 aliphatic rings. The number of rotatable bonds is 6. The third kappa shape index (κ3) is 4.18. The molecule has 4 nitrogen and oxygen atoms in total. The van der Waals surface area contributed by atoms with Crippen molar-refractivity contribution in [1.82, 2.24) is 15.1 Å². The lowest BCUT2D eigenvalue weighted by Gasteiger charge is -2.38. The van der Waals surface area contributed by atoms with Gasteiger partial charge in [-0.1, -0.05) is 12.8 Å². The van der Waals surface area contributed by atoms with Crippen molar-refractivity contribution in [2.75, 3.05) is 39.8 Å². The molecule has 4 heteroatoms. The second-order valence-electron chi connectivity index (χ2n) is 6.61. The minimum Gasteiger partial charge on any atom is -0.303 e. The maximum Gasteiger partial charge on any atom is 0.103 e. The van der Waals surface area contributed by atoms with Gasteiger partial charge in [-0.15, -0.1) is 0 Å². The van der Waals surface area contributed by atoms with Crippen LogP contribution in [0.2, 0.25) is 0 Å². The van der Waals surface area contributed by atoms with Crippen molar-refractivity contribution in [3.05, 3.63) is 0 Å². The molecule has 0 aromatic carbocycles. The Hall–Kier alpha value is -0.630. The first-order valence-corrected chi connectivity index (χ1v) is 8.23.